The van der Waals surface area contributed by atoms with E-state index in [1.165, 1.54) is 0 Å². The van der Waals surface area contributed by atoms with Crippen molar-refractivity contribution in [2.75, 3.05) is 11.9 Å². The van der Waals surface area contributed by atoms with Gasteiger partial charge in [0.05, 0.1) is 11.9 Å². The van der Waals surface area contributed by atoms with Crippen molar-refractivity contribution in [3.05, 3.63) is 54.0 Å². The van der Waals surface area contributed by atoms with E-state index < -0.39 is 0 Å². The van der Waals surface area contributed by atoms with Gasteiger partial charge < -0.3 is 15.2 Å². The van der Waals surface area contributed by atoms with Crippen molar-refractivity contribution in [2.45, 2.75) is 25.8 Å². The van der Waals surface area contributed by atoms with Gasteiger partial charge >= 0.3 is 0 Å². The lowest BCUT2D eigenvalue weighted by Crippen LogP contribution is -2.22. The summed E-state index contributed by atoms with van der Waals surface area (Å²) in [5.74, 6) is -0.391. The number of hydrogen-bond donors (Lipinski definition) is 2. The van der Waals surface area contributed by atoms with Gasteiger partial charge in [-0.05, 0) is 50.1 Å². The van der Waals surface area contributed by atoms with Crippen molar-refractivity contribution in [3.8, 4) is 0 Å². The number of carbonyl (C=O) groups is 2. The minimum Gasteiger partial charge on any atom is -0.352 e. The third-order valence-electron chi connectivity index (χ3n) is 4.36. The lowest BCUT2D eigenvalue weighted by Gasteiger charge is -2.07. The van der Waals surface area contributed by atoms with Gasteiger partial charge in [0.1, 0.15) is 5.52 Å². The first-order chi connectivity index (χ1) is 12.7. The number of nitrogens with zero attached hydrogens (tertiary/aromatic N) is 3. The highest BCUT2D eigenvalue weighted by Crippen LogP contribution is 2.36. The van der Waals surface area contributed by atoms with Crippen LogP contribution in [0.2, 0.25) is 0 Å². The predicted octanol–water partition coefficient (Wildman–Crippen LogP) is 2.77. The second-order valence-corrected chi connectivity index (χ2v) is 6.34. The highest BCUT2D eigenvalue weighted by Gasteiger charge is 2.25. The smallest absolute Gasteiger partial charge is 0.257 e. The Balaban J connectivity index is 1.49. The molecule has 1 aromatic carbocycles. The molecule has 0 aliphatic heterocycles. The average molecular weight is 349 g/mol. The largest absolute Gasteiger partial charge is 0.352 e. The van der Waals surface area contributed by atoms with Crippen molar-refractivity contribution in [1.29, 1.82) is 0 Å². The lowest BCUT2D eigenvalue weighted by molar-refractivity contribution is 0.0955. The number of rotatable bonds is 5. The van der Waals surface area contributed by atoms with E-state index >= 15 is 0 Å². The number of hydrogen-bond acceptors (Lipinski definition) is 4. The fourth-order valence-electron chi connectivity index (χ4n) is 2.83. The van der Waals surface area contributed by atoms with E-state index in [4.69, 9.17) is 0 Å². The van der Waals surface area contributed by atoms with E-state index in [1.54, 1.807) is 42.9 Å². The first-order valence-electron chi connectivity index (χ1n) is 8.68. The first kappa shape index (κ1) is 16.3. The monoisotopic (exact) mass is 349 g/mol. The second kappa shape index (κ2) is 6.59. The van der Waals surface area contributed by atoms with Gasteiger partial charge in [0, 0.05) is 30.0 Å². The molecule has 4 rings (SSSR count). The summed E-state index contributed by atoms with van der Waals surface area (Å²) in [6.45, 7) is 2.44. The maximum atomic E-state index is 12.5. The molecule has 1 aliphatic carbocycles. The molecule has 1 fully saturated rings. The van der Waals surface area contributed by atoms with Crippen LogP contribution in [0.5, 0.6) is 0 Å². The van der Waals surface area contributed by atoms with Gasteiger partial charge in [-0.15, -0.1) is 0 Å². The van der Waals surface area contributed by atoms with E-state index in [-0.39, 0.29) is 11.8 Å². The van der Waals surface area contributed by atoms with Crippen molar-refractivity contribution >= 4 is 28.7 Å². The van der Waals surface area contributed by atoms with Gasteiger partial charge in [0.25, 0.3) is 11.8 Å². The molecule has 132 valence electrons. The summed E-state index contributed by atoms with van der Waals surface area (Å²) >= 11 is 0. The molecule has 0 saturated heterocycles. The molecule has 2 aromatic heterocycles. The molecular formula is C19H19N5O2. The Morgan fingerprint density at radius 2 is 1.88 bits per heavy atom. The van der Waals surface area contributed by atoms with E-state index in [1.807, 2.05) is 6.92 Å². The minimum atomic E-state index is -0.258. The molecule has 2 N–H and O–H groups in total. The molecule has 7 nitrogen and oxygen atoms in total. The molecule has 0 atom stereocenters. The van der Waals surface area contributed by atoms with Gasteiger partial charge in [0.2, 0.25) is 0 Å². The Kier molecular flexibility index (Phi) is 4.12. The van der Waals surface area contributed by atoms with Gasteiger partial charge in [-0.25, -0.2) is 9.97 Å². The van der Waals surface area contributed by atoms with E-state index in [0.717, 1.165) is 24.0 Å². The van der Waals surface area contributed by atoms with Crippen LogP contribution in [-0.2, 0) is 0 Å². The summed E-state index contributed by atoms with van der Waals surface area (Å²) < 4.78 is 2.07. The number of pyridine rings is 1. The molecule has 0 bridgehead atoms. The molecular weight excluding hydrogens is 330 g/mol. The molecule has 0 unspecified atom stereocenters. The summed E-state index contributed by atoms with van der Waals surface area (Å²) in [4.78, 5) is 33.0. The number of anilines is 1. The normalized spacial score (nSPS) is 13.6. The first-order valence-corrected chi connectivity index (χ1v) is 8.68. The number of amides is 2. The van der Waals surface area contributed by atoms with Crippen LogP contribution in [0.15, 0.2) is 42.9 Å². The Morgan fingerprint density at radius 1 is 1.12 bits per heavy atom. The summed E-state index contributed by atoms with van der Waals surface area (Å²) in [6, 6.07) is 9.01. The molecule has 3 aromatic rings. The Morgan fingerprint density at radius 3 is 2.58 bits per heavy atom. The predicted molar refractivity (Wildman–Crippen MR) is 98.2 cm³/mol. The fourth-order valence-corrected chi connectivity index (χ4v) is 2.83. The standard InChI is InChI=1S/C19H19N5O2/c1-2-20-18(25)12-3-5-14(6-4-12)23-19(26)13-9-16-17(21-10-13)24(11-22-16)15-7-8-15/h3-6,9-11,15H,2,7-8H2,1H3,(H,20,25)(H,23,26). The summed E-state index contributed by atoms with van der Waals surface area (Å²) in [7, 11) is 0. The molecule has 26 heavy (non-hydrogen) atoms. The molecule has 1 saturated carbocycles. The third kappa shape index (κ3) is 3.15. The highest BCUT2D eigenvalue weighted by atomic mass is 16.2. The highest BCUT2D eigenvalue weighted by molar-refractivity contribution is 6.05. The zero-order valence-electron chi connectivity index (χ0n) is 14.4. The maximum absolute atomic E-state index is 12.5. The van der Waals surface area contributed by atoms with Crippen LogP contribution >= 0.6 is 0 Å². The van der Waals surface area contributed by atoms with Crippen molar-refractivity contribution in [2.24, 2.45) is 0 Å². The molecule has 0 spiro atoms. The second-order valence-electron chi connectivity index (χ2n) is 6.34. The van der Waals surface area contributed by atoms with Gasteiger partial charge in [-0.3, -0.25) is 9.59 Å². The van der Waals surface area contributed by atoms with Gasteiger partial charge in [0.15, 0.2) is 5.65 Å². The van der Waals surface area contributed by atoms with E-state index in [2.05, 4.69) is 25.2 Å². The van der Waals surface area contributed by atoms with Crippen LogP contribution in [-0.4, -0.2) is 32.9 Å². The van der Waals surface area contributed by atoms with Crippen molar-refractivity contribution < 1.29 is 9.59 Å². The SMILES string of the molecule is CCNC(=O)c1ccc(NC(=O)c2cnc3c(c2)ncn3C2CC2)cc1. The number of imidazole rings is 1. The number of aromatic nitrogens is 3. The third-order valence-corrected chi connectivity index (χ3v) is 4.36. The summed E-state index contributed by atoms with van der Waals surface area (Å²) in [5.41, 5.74) is 3.16. The van der Waals surface area contributed by atoms with E-state index in [0.29, 0.717) is 29.4 Å². The van der Waals surface area contributed by atoms with Crippen LogP contribution in [0.25, 0.3) is 11.2 Å². The van der Waals surface area contributed by atoms with Crippen molar-refractivity contribution in [1.82, 2.24) is 19.9 Å². The lowest BCUT2D eigenvalue weighted by atomic mass is 10.2. The Hall–Kier alpha value is -3.22. The molecule has 1 aliphatic rings. The zero-order valence-corrected chi connectivity index (χ0v) is 14.4. The fraction of sp³-hybridized carbons (Fsp3) is 0.263. The Bertz CT molecular complexity index is 973. The maximum Gasteiger partial charge on any atom is 0.257 e. The van der Waals surface area contributed by atoms with Crippen LogP contribution in [0.1, 0.15) is 46.5 Å². The topological polar surface area (TPSA) is 88.9 Å². The molecule has 2 heterocycles. The summed E-state index contributed by atoms with van der Waals surface area (Å²) in [5, 5.41) is 5.55. The molecule has 7 heteroatoms. The van der Waals surface area contributed by atoms with Gasteiger partial charge in [-0.1, -0.05) is 0 Å². The number of carbonyl (C=O) groups excluding carboxylic acids is 2. The van der Waals surface area contributed by atoms with Crippen LogP contribution < -0.4 is 10.6 Å². The van der Waals surface area contributed by atoms with Crippen molar-refractivity contribution in [3.63, 3.8) is 0 Å². The van der Waals surface area contributed by atoms with Gasteiger partial charge in [-0.2, -0.15) is 0 Å². The molecule has 0 radical (unpaired) electrons. The minimum absolute atomic E-state index is 0.133. The zero-order chi connectivity index (χ0) is 18.1. The van der Waals surface area contributed by atoms with Crippen LogP contribution in [0.3, 0.4) is 0 Å². The van der Waals surface area contributed by atoms with E-state index in [9.17, 15) is 9.59 Å². The quantitative estimate of drug-likeness (QED) is 0.741. The van der Waals surface area contributed by atoms with Crippen LogP contribution in [0.4, 0.5) is 5.69 Å². The Labute approximate surface area is 150 Å². The number of fused-ring (bicyclic) bond motifs is 1. The molecule has 2 amide bonds. The van der Waals surface area contributed by atoms with Crippen LogP contribution in [0, 0.1) is 0 Å². The number of benzene rings is 1. The average Bonchev–Trinajstić information content (AvgIpc) is 3.41. The number of nitrogens with one attached hydrogen (secondary N) is 2. The summed E-state index contributed by atoms with van der Waals surface area (Å²) in [6.07, 6.45) is 5.67.